The van der Waals surface area contributed by atoms with Crippen molar-refractivity contribution in [1.82, 2.24) is 5.32 Å². The third-order valence-electron chi connectivity index (χ3n) is 6.26. The topological polar surface area (TPSA) is 116 Å². The van der Waals surface area contributed by atoms with E-state index in [0.29, 0.717) is 12.1 Å². The predicted molar refractivity (Wildman–Crippen MR) is 141 cm³/mol. The summed E-state index contributed by atoms with van der Waals surface area (Å²) < 4.78 is 13.9. The van der Waals surface area contributed by atoms with Crippen LogP contribution < -0.4 is 15.5 Å². The quantitative estimate of drug-likeness (QED) is 0.413. The molecule has 3 amide bonds. The van der Waals surface area contributed by atoms with Gasteiger partial charge in [-0.25, -0.2) is 9.18 Å². The summed E-state index contributed by atoms with van der Waals surface area (Å²) in [6.07, 6.45) is 0.463. The van der Waals surface area contributed by atoms with Crippen molar-refractivity contribution in [2.45, 2.75) is 38.8 Å². The molecule has 0 spiro atoms. The summed E-state index contributed by atoms with van der Waals surface area (Å²) in [6.45, 7) is 3.85. The highest BCUT2D eigenvalue weighted by atomic mass is 19.1. The number of benzene rings is 3. The van der Waals surface area contributed by atoms with Crippen molar-refractivity contribution in [3.05, 3.63) is 95.3 Å². The molecule has 0 saturated heterocycles. The van der Waals surface area contributed by atoms with E-state index in [0.717, 1.165) is 11.6 Å². The highest BCUT2D eigenvalue weighted by Gasteiger charge is 2.38. The Hall–Kier alpha value is -4.53. The third kappa shape index (κ3) is 5.88. The average Bonchev–Trinajstić information content (AvgIpc) is 2.88. The summed E-state index contributed by atoms with van der Waals surface area (Å²) in [6, 6.07) is 16.6. The molecule has 3 aromatic rings. The summed E-state index contributed by atoms with van der Waals surface area (Å²) in [7, 11) is 0. The minimum Gasteiger partial charge on any atom is -0.480 e. The number of rotatable bonds is 8. The Morgan fingerprint density at radius 3 is 2.39 bits per heavy atom. The monoisotopic (exact) mass is 517 g/mol. The number of nitrogens with one attached hydrogen (secondary N) is 2. The van der Waals surface area contributed by atoms with Crippen LogP contribution in [0.4, 0.5) is 15.8 Å². The molecule has 1 aliphatic heterocycles. The Balaban J connectivity index is 1.64. The standard InChI is InChI=1S/C29H28FN3O5/c1-17(2)13-25-27(35)31-22-16-19(26(34)32-23(29(37)38)14-18-7-4-3-5-8-18)11-12-24(22)33(25)28(36)20-9-6-10-21(30)15-20/h3-12,15-17,23,25H,13-14H2,1-2H3,(H,31,35)(H,32,34)(H,37,38). The number of carboxylic acid groups (broad SMARTS) is 1. The zero-order chi connectivity index (χ0) is 27.4. The van der Waals surface area contributed by atoms with E-state index in [2.05, 4.69) is 10.6 Å². The Labute approximate surface area is 219 Å². The maximum absolute atomic E-state index is 13.9. The molecule has 4 rings (SSSR count). The Kier molecular flexibility index (Phi) is 7.85. The first-order valence-corrected chi connectivity index (χ1v) is 12.3. The van der Waals surface area contributed by atoms with Gasteiger partial charge in [0.05, 0.1) is 11.4 Å². The molecule has 2 unspecified atom stereocenters. The zero-order valence-electron chi connectivity index (χ0n) is 21.0. The molecule has 0 aromatic heterocycles. The second-order valence-electron chi connectivity index (χ2n) is 9.61. The minimum absolute atomic E-state index is 0.0812. The van der Waals surface area contributed by atoms with E-state index < -0.39 is 41.6 Å². The molecule has 0 aliphatic carbocycles. The first-order chi connectivity index (χ1) is 18.1. The van der Waals surface area contributed by atoms with Crippen LogP contribution in [-0.2, 0) is 16.0 Å². The number of hydrogen-bond donors (Lipinski definition) is 3. The molecular weight excluding hydrogens is 489 g/mol. The van der Waals surface area contributed by atoms with E-state index in [1.807, 2.05) is 19.9 Å². The molecule has 0 radical (unpaired) electrons. The van der Waals surface area contributed by atoms with E-state index >= 15 is 0 Å². The van der Waals surface area contributed by atoms with Gasteiger partial charge in [-0.2, -0.15) is 0 Å². The van der Waals surface area contributed by atoms with Gasteiger partial charge < -0.3 is 15.7 Å². The van der Waals surface area contributed by atoms with Crippen LogP contribution in [0.5, 0.6) is 0 Å². The average molecular weight is 518 g/mol. The van der Waals surface area contributed by atoms with Crippen molar-refractivity contribution in [3.8, 4) is 0 Å². The fourth-order valence-corrected chi connectivity index (χ4v) is 4.45. The van der Waals surface area contributed by atoms with E-state index in [9.17, 15) is 28.7 Å². The molecule has 196 valence electrons. The number of carboxylic acids is 1. The van der Waals surface area contributed by atoms with E-state index in [1.54, 1.807) is 24.3 Å². The van der Waals surface area contributed by atoms with Crippen LogP contribution in [-0.4, -0.2) is 40.9 Å². The smallest absolute Gasteiger partial charge is 0.326 e. The van der Waals surface area contributed by atoms with Crippen LogP contribution in [0.2, 0.25) is 0 Å². The highest BCUT2D eigenvalue weighted by Crippen LogP contribution is 2.36. The third-order valence-corrected chi connectivity index (χ3v) is 6.26. The number of carbonyl (C=O) groups excluding carboxylic acids is 3. The zero-order valence-corrected chi connectivity index (χ0v) is 21.0. The second kappa shape index (κ2) is 11.2. The van der Waals surface area contributed by atoms with Gasteiger partial charge in [-0.3, -0.25) is 19.3 Å². The van der Waals surface area contributed by atoms with Gasteiger partial charge in [-0.1, -0.05) is 50.2 Å². The first kappa shape index (κ1) is 26.5. The lowest BCUT2D eigenvalue weighted by Crippen LogP contribution is -2.51. The van der Waals surface area contributed by atoms with Gasteiger partial charge in [0.25, 0.3) is 11.8 Å². The Morgan fingerprint density at radius 2 is 1.74 bits per heavy atom. The van der Waals surface area contributed by atoms with Crippen molar-refractivity contribution >= 4 is 35.1 Å². The summed E-state index contributed by atoms with van der Waals surface area (Å²) in [5.41, 5.74) is 1.54. The molecule has 0 bridgehead atoms. The lowest BCUT2D eigenvalue weighted by Gasteiger charge is -2.37. The van der Waals surface area contributed by atoms with Crippen LogP contribution >= 0.6 is 0 Å². The van der Waals surface area contributed by atoms with Crippen molar-refractivity contribution < 1.29 is 28.7 Å². The molecule has 0 saturated carbocycles. The molecule has 0 fully saturated rings. The van der Waals surface area contributed by atoms with Gasteiger partial charge in [0.1, 0.15) is 17.9 Å². The lowest BCUT2D eigenvalue weighted by atomic mass is 9.96. The van der Waals surface area contributed by atoms with Crippen LogP contribution in [0.25, 0.3) is 0 Å². The molecule has 3 aromatic carbocycles. The normalized spacial score (nSPS) is 15.4. The number of amides is 3. The Morgan fingerprint density at radius 1 is 1.00 bits per heavy atom. The van der Waals surface area contributed by atoms with Crippen LogP contribution in [0, 0.1) is 11.7 Å². The second-order valence-corrected chi connectivity index (χ2v) is 9.61. The number of carbonyl (C=O) groups is 4. The summed E-state index contributed by atoms with van der Waals surface area (Å²) in [5, 5.41) is 14.9. The first-order valence-electron chi connectivity index (χ1n) is 12.3. The van der Waals surface area contributed by atoms with Crippen molar-refractivity contribution in [1.29, 1.82) is 0 Å². The van der Waals surface area contributed by atoms with Gasteiger partial charge in [-0.15, -0.1) is 0 Å². The molecule has 3 N–H and O–H groups in total. The summed E-state index contributed by atoms with van der Waals surface area (Å²) in [5.74, 6) is -3.29. The van der Waals surface area contributed by atoms with Crippen molar-refractivity contribution in [2.75, 3.05) is 10.2 Å². The van der Waals surface area contributed by atoms with Crippen molar-refractivity contribution in [3.63, 3.8) is 0 Å². The predicted octanol–water partition coefficient (Wildman–Crippen LogP) is 4.27. The van der Waals surface area contributed by atoms with Crippen LogP contribution in [0.15, 0.2) is 72.8 Å². The fraction of sp³-hybridized carbons (Fsp3) is 0.241. The molecule has 1 aliphatic rings. The molecule has 8 nitrogen and oxygen atoms in total. The number of aliphatic carboxylic acids is 1. The summed E-state index contributed by atoms with van der Waals surface area (Å²) >= 11 is 0. The molecule has 1 heterocycles. The van der Waals surface area contributed by atoms with Gasteiger partial charge in [0, 0.05) is 17.5 Å². The van der Waals surface area contributed by atoms with Gasteiger partial charge in [0.2, 0.25) is 5.91 Å². The summed E-state index contributed by atoms with van der Waals surface area (Å²) in [4.78, 5) is 52.7. The van der Waals surface area contributed by atoms with Crippen LogP contribution in [0.3, 0.4) is 0 Å². The fourth-order valence-electron chi connectivity index (χ4n) is 4.45. The SMILES string of the molecule is CC(C)CC1C(=O)Nc2cc(C(=O)NC(Cc3ccccc3)C(=O)O)ccc2N1C(=O)c1cccc(F)c1. The van der Waals surface area contributed by atoms with E-state index in [-0.39, 0.29) is 29.2 Å². The minimum atomic E-state index is -1.18. The molecule has 9 heteroatoms. The van der Waals surface area contributed by atoms with Gasteiger partial charge in [-0.05, 0) is 54.3 Å². The van der Waals surface area contributed by atoms with E-state index in [4.69, 9.17) is 0 Å². The molecule has 2 atom stereocenters. The molecular formula is C29H28FN3O5. The number of halogens is 1. The maximum Gasteiger partial charge on any atom is 0.326 e. The van der Waals surface area contributed by atoms with Gasteiger partial charge >= 0.3 is 5.97 Å². The van der Waals surface area contributed by atoms with E-state index in [1.165, 1.54) is 41.3 Å². The number of nitrogens with zero attached hydrogens (tertiary/aromatic N) is 1. The lowest BCUT2D eigenvalue weighted by molar-refractivity contribution is -0.139. The maximum atomic E-state index is 13.9. The Bertz CT molecular complexity index is 1380. The number of fused-ring (bicyclic) bond motifs is 1. The highest BCUT2D eigenvalue weighted by molar-refractivity contribution is 6.17. The van der Waals surface area contributed by atoms with Crippen LogP contribution in [0.1, 0.15) is 46.5 Å². The van der Waals surface area contributed by atoms with Gasteiger partial charge in [0.15, 0.2) is 0 Å². The largest absolute Gasteiger partial charge is 0.480 e. The molecule has 38 heavy (non-hydrogen) atoms. The van der Waals surface area contributed by atoms with Crippen molar-refractivity contribution in [2.24, 2.45) is 5.92 Å². The number of hydrogen-bond acceptors (Lipinski definition) is 4. The number of anilines is 2.